The van der Waals surface area contributed by atoms with Crippen LogP contribution < -0.4 is 4.74 Å². The second-order valence-electron chi connectivity index (χ2n) is 7.46. The van der Waals surface area contributed by atoms with Crippen LogP contribution in [0.5, 0.6) is 5.75 Å². The molecule has 0 spiro atoms. The minimum atomic E-state index is -0.476. The van der Waals surface area contributed by atoms with Crippen LogP contribution in [0.1, 0.15) is 12.8 Å². The van der Waals surface area contributed by atoms with E-state index >= 15 is 0 Å². The molecule has 0 bridgehead atoms. The molecule has 4 aromatic rings. The van der Waals surface area contributed by atoms with Crippen LogP contribution in [0.15, 0.2) is 47.2 Å². The Hall–Kier alpha value is -3.26. The van der Waals surface area contributed by atoms with Crippen molar-refractivity contribution < 1.29 is 13.7 Å². The highest BCUT2D eigenvalue weighted by Gasteiger charge is 2.15. The van der Waals surface area contributed by atoms with Crippen molar-refractivity contribution >= 4 is 11.0 Å². The number of halogens is 1. The summed E-state index contributed by atoms with van der Waals surface area (Å²) in [6.45, 7) is 4.34. The number of ether oxygens (including phenoxy) is 1. The highest BCUT2D eigenvalue weighted by molar-refractivity contribution is 5.80. The Labute approximate surface area is 173 Å². The van der Waals surface area contributed by atoms with Gasteiger partial charge in [0.2, 0.25) is 5.82 Å². The Kier molecular flexibility index (Phi) is 4.92. The number of nitrogens with zero attached hydrogens (tertiary/aromatic N) is 5. The first kappa shape index (κ1) is 18.7. The monoisotopic (exact) mass is 407 g/mol. The van der Waals surface area contributed by atoms with Crippen LogP contribution in [0.25, 0.3) is 33.9 Å². The van der Waals surface area contributed by atoms with E-state index in [1.54, 1.807) is 6.07 Å². The van der Waals surface area contributed by atoms with Crippen molar-refractivity contribution in [3.63, 3.8) is 0 Å². The molecule has 1 saturated heterocycles. The molecule has 5 rings (SSSR count). The van der Waals surface area contributed by atoms with Gasteiger partial charge in [0.25, 0.3) is 5.89 Å². The van der Waals surface area contributed by atoms with Crippen molar-refractivity contribution in [2.24, 2.45) is 0 Å². The van der Waals surface area contributed by atoms with Gasteiger partial charge in [0.05, 0.1) is 24.5 Å². The first-order valence-electron chi connectivity index (χ1n) is 10.1. The molecule has 1 aliphatic rings. The van der Waals surface area contributed by atoms with Gasteiger partial charge in [0.15, 0.2) is 11.6 Å². The largest absolute Gasteiger partial charge is 0.494 e. The molecule has 0 amide bonds. The second-order valence-corrected chi connectivity index (χ2v) is 7.46. The lowest BCUT2D eigenvalue weighted by Crippen LogP contribution is -2.23. The zero-order valence-electron chi connectivity index (χ0n) is 16.7. The summed E-state index contributed by atoms with van der Waals surface area (Å²) in [5.41, 5.74) is 3.27. The molecule has 2 aromatic heterocycles. The number of methoxy groups -OCH3 is 1. The van der Waals surface area contributed by atoms with Gasteiger partial charge >= 0.3 is 0 Å². The fraction of sp³-hybridized carbons (Fsp3) is 0.318. The molecular formula is C22H22FN5O2. The predicted octanol–water partition coefficient (Wildman–Crippen LogP) is 4.00. The number of aromatic nitrogens is 4. The van der Waals surface area contributed by atoms with Crippen LogP contribution >= 0.6 is 0 Å². The molecule has 0 saturated carbocycles. The molecule has 8 heteroatoms. The molecule has 2 aromatic carbocycles. The number of benzene rings is 2. The molecule has 1 fully saturated rings. The van der Waals surface area contributed by atoms with Gasteiger partial charge in [-0.2, -0.15) is 4.98 Å². The fourth-order valence-electron chi connectivity index (χ4n) is 3.89. The lowest BCUT2D eigenvalue weighted by atomic mass is 10.2. The van der Waals surface area contributed by atoms with Crippen molar-refractivity contribution in [3.05, 3.63) is 48.5 Å². The molecule has 0 unspecified atom stereocenters. The third kappa shape index (κ3) is 3.54. The third-order valence-corrected chi connectivity index (χ3v) is 5.56. The summed E-state index contributed by atoms with van der Waals surface area (Å²) in [7, 11) is 1.42. The van der Waals surface area contributed by atoms with Crippen molar-refractivity contribution in [2.75, 3.05) is 26.7 Å². The van der Waals surface area contributed by atoms with Crippen molar-refractivity contribution in [3.8, 4) is 28.6 Å². The molecule has 3 heterocycles. The summed E-state index contributed by atoms with van der Waals surface area (Å²) in [5.74, 6) is 0.387. The molecule has 154 valence electrons. The average Bonchev–Trinajstić information content (AvgIpc) is 3.52. The summed E-state index contributed by atoms with van der Waals surface area (Å²) in [5, 5.41) is 4.06. The maximum Gasteiger partial charge on any atom is 0.258 e. The van der Waals surface area contributed by atoms with Crippen LogP contribution in [0.4, 0.5) is 4.39 Å². The molecule has 30 heavy (non-hydrogen) atoms. The van der Waals surface area contributed by atoms with Crippen LogP contribution in [0, 0.1) is 5.82 Å². The summed E-state index contributed by atoms with van der Waals surface area (Å²) >= 11 is 0. The van der Waals surface area contributed by atoms with Gasteiger partial charge in [-0.3, -0.25) is 0 Å². The highest BCUT2D eigenvalue weighted by Crippen LogP contribution is 2.27. The van der Waals surface area contributed by atoms with Gasteiger partial charge in [0.1, 0.15) is 0 Å². The van der Waals surface area contributed by atoms with Crippen molar-refractivity contribution in [2.45, 2.75) is 19.4 Å². The molecule has 7 nitrogen and oxygen atoms in total. The maximum atomic E-state index is 14.0. The van der Waals surface area contributed by atoms with E-state index in [1.165, 1.54) is 45.2 Å². The Morgan fingerprint density at radius 2 is 1.90 bits per heavy atom. The summed E-state index contributed by atoms with van der Waals surface area (Å²) in [4.78, 5) is 11.5. The summed E-state index contributed by atoms with van der Waals surface area (Å²) in [6.07, 6.45) is 4.47. The zero-order valence-corrected chi connectivity index (χ0v) is 16.7. The SMILES string of the molecule is COc1ccc(-c2nc(-c3ccc4c(c3)ncn4CCN3CCCC3)no2)cc1F. The molecule has 0 radical (unpaired) electrons. The molecule has 0 atom stereocenters. The maximum absolute atomic E-state index is 14.0. The zero-order chi connectivity index (χ0) is 20.5. The third-order valence-electron chi connectivity index (χ3n) is 5.56. The van der Waals surface area contributed by atoms with Gasteiger partial charge in [-0.05, 0) is 62.3 Å². The first-order chi connectivity index (χ1) is 14.7. The Morgan fingerprint density at radius 1 is 1.07 bits per heavy atom. The van der Waals surface area contributed by atoms with Gasteiger partial charge in [-0.25, -0.2) is 9.37 Å². The van der Waals surface area contributed by atoms with Crippen LogP contribution in [0.3, 0.4) is 0 Å². The quantitative estimate of drug-likeness (QED) is 0.481. The number of rotatable bonds is 6. The normalized spacial score (nSPS) is 14.6. The van der Waals surface area contributed by atoms with E-state index in [2.05, 4.69) is 24.6 Å². The minimum absolute atomic E-state index is 0.171. The number of fused-ring (bicyclic) bond motifs is 1. The van der Waals surface area contributed by atoms with Crippen molar-refractivity contribution in [1.29, 1.82) is 0 Å². The van der Waals surface area contributed by atoms with E-state index in [1.807, 2.05) is 24.5 Å². The topological polar surface area (TPSA) is 69.2 Å². The van der Waals surface area contributed by atoms with Crippen LogP contribution in [-0.4, -0.2) is 51.3 Å². The van der Waals surface area contributed by atoms with Crippen molar-refractivity contribution in [1.82, 2.24) is 24.6 Å². The summed E-state index contributed by atoms with van der Waals surface area (Å²) in [6, 6.07) is 10.5. The average molecular weight is 407 g/mol. The Balaban J connectivity index is 1.37. The first-order valence-corrected chi connectivity index (χ1v) is 10.1. The van der Waals surface area contributed by atoms with Crippen LogP contribution in [-0.2, 0) is 6.54 Å². The lowest BCUT2D eigenvalue weighted by Gasteiger charge is -2.14. The molecule has 0 aliphatic carbocycles. The smallest absolute Gasteiger partial charge is 0.258 e. The molecule has 1 aliphatic heterocycles. The van der Waals surface area contributed by atoms with E-state index in [-0.39, 0.29) is 11.6 Å². The standard InChI is InChI=1S/C22H22FN5O2/c1-29-20-7-5-16(12-17(20)23)22-25-21(26-30-22)15-4-6-19-18(13-15)24-14-28(19)11-10-27-8-2-3-9-27/h4-7,12-14H,2-3,8-11H2,1H3. The van der Waals surface area contributed by atoms with E-state index in [0.29, 0.717) is 11.4 Å². The Morgan fingerprint density at radius 3 is 2.70 bits per heavy atom. The van der Waals surface area contributed by atoms with E-state index in [4.69, 9.17) is 9.26 Å². The number of hydrogen-bond acceptors (Lipinski definition) is 6. The predicted molar refractivity (Wildman–Crippen MR) is 111 cm³/mol. The highest BCUT2D eigenvalue weighted by atomic mass is 19.1. The number of likely N-dealkylation sites (tertiary alicyclic amines) is 1. The van der Waals surface area contributed by atoms with Gasteiger partial charge in [-0.15, -0.1) is 0 Å². The Bertz CT molecular complexity index is 1180. The van der Waals surface area contributed by atoms with E-state index in [0.717, 1.165) is 29.7 Å². The molecule has 0 N–H and O–H groups in total. The number of hydrogen-bond donors (Lipinski definition) is 0. The van der Waals surface area contributed by atoms with Gasteiger partial charge in [-0.1, -0.05) is 5.16 Å². The lowest BCUT2D eigenvalue weighted by molar-refractivity contribution is 0.324. The van der Waals surface area contributed by atoms with Crippen LogP contribution in [0.2, 0.25) is 0 Å². The van der Waals surface area contributed by atoms with E-state index < -0.39 is 5.82 Å². The van der Waals surface area contributed by atoms with Gasteiger partial charge in [0, 0.05) is 24.2 Å². The fourth-order valence-corrected chi connectivity index (χ4v) is 3.89. The molecular weight excluding hydrogens is 385 g/mol. The second kappa shape index (κ2) is 7.87. The minimum Gasteiger partial charge on any atom is -0.494 e. The van der Waals surface area contributed by atoms with E-state index in [9.17, 15) is 4.39 Å². The summed E-state index contributed by atoms with van der Waals surface area (Å²) < 4.78 is 26.4. The van der Waals surface area contributed by atoms with Gasteiger partial charge < -0.3 is 18.7 Å². The number of imidazole rings is 1.